The van der Waals surface area contributed by atoms with E-state index in [1.807, 2.05) is 16.7 Å². The number of benzene rings is 1. The van der Waals surface area contributed by atoms with Gasteiger partial charge in [-0.15, -0.1) is 0 Å². The second kappa shape index (κ2) is 11.9. The summed E-state index contributed by atoms with van der Waals surface area (Å²) >= 11 is 13.6. The van der Waals surface area contributed by atoms with Crippen molar-refractivity contribution in [2.75, 3.05) is 46.3 Å². The summed E-state index contributed by atoms with van der Waals surface area (Å²) < 4.78 is 19.1. The third-order valence-electron chi connectivity index (χ3n) is 7.03. The number of carbonyl (C=O) groups is 1. The highest BCUT2D eigenvalue weighted by molar-refractivity contribution is 6.41. The average molecular weight is 585 g/mol. The summed E-state index contributed by atoms with van der Waals surface area (Å²) in [6, 6.07) is 3.57. The summed E-state index contributed by atoms with van der Waals surface area (Å²) in [5, 5.41) is 4.45. The van der Waals surface area contributed by atoms with Crippen molar-refractivity contribution in [2.45, 2.75) is 25.4 Å². The van der Waals surface area contributed by atoms with Crippen LogP contribution in [0.5, 0.6) is 11.5 Å². The molecule has 0 unspecified atom stereocenters. The molecule has 1 N–H and O–H groups in total. The molecule has 210 valence electrons. The summed E-state index contributed by atoms with van der Waals surface area (Å²) in [6.07, 6.45) is 7.30. The normalized spacial score (nSPS) is 14.1. The fraction of sp³-hybridized carbons (Fsp3) is 0.357. The van der Waals surface area contributed by atoms with Crippen LogP contribution in [0.15, 0.2) is 37.2 Å². The van der Waals surface area contributed by atoms with Gasteiger partial charge in [-0.2, -0.15) is 4.98 Å². The Morgan fingerprint density at radius 2 is 1.82 bits per heavy atom. The first-order chi connectivity index (χ1) is 19.4. The number of hydrogen-bond acceptors (Lipinski definition) is 8. The quantitative estimate of drug-likeness (QED) is 0.273. The Hall–Kier alpha value is -3.60. The maximum atomic E-state index is 11.8. The van der Waals surface area contributed by atoms with Crippen molar-refractivity contribution in [2.24, 2.45) is 0 Å². The minimum Gasteiger partial charge on any atom is -0.495 e. The molecular formula is C28H30Cl2N6O4. The molecule has 1 aliphatic heterocycles. The third kappa shape index (κ3) is 5.26. The Kier molecular flexibility index (Phi) is 8.30. The molecule has 4 heterocycles. The van der Waals surface area contributed by atoms with Crippen molar-refractivity contribution in [3.63, 3.8) is 0 Å². The number of ether oxygens (including phenoxy) is 3. The van der Waals surface area contributed by atoms with Crippen LogP contribution in [0.1, 0.15) is 18.5 Å². The van der Waals surface area contributed by atoms with E-state index in [-0.39, 0.29) is 12.0 Å². The van der Waals surface area contributed by atoms with Gasteiger partial charge in [0.25, 0.3) is 0 Å². The van der Waals surface area contributed by atoms with Gasteiger partial charge >= 0.3 is 0 Å². The van der Waals surface area contributed by atoms with Crippen molar-refractivity contribution in [3.05, 3.63) is 52.9 Å². The zero-order chi connectivity index (χ0) is 28.4. The fourth-order valence-corrected chi connectivity index (χ4v) is 5.63. The van der Waals surface area contributed by atoms with Gasteiger partial charge in [0.15, 0.2) is 5.65 Å². The van der Waals surface area contributed by atoms with Crippen molar-refractivity contribution in [1.29, 1.82) is 0 Å². The monoisotopic (exact) mass is 584 g/mol. The Labute approximate surface area is 241 Å². The number of aromatic nitrogens is 4. The lowest BCUT2D eigenvalue weighted by atomic mass is 10.0. The second-order valence-electron chi connectivity index (χ2n) is 9.34. The van der Waals surface area contributed by atoms with Crippen LogP contribution in [0.25, 0.3) is 27.8 Å². The van der Waals surface area contributed by atoms with Crippen molar-refractivity contribution in [3.8, 4) is 22.6 Å². The SMILES string of the molecule is C=CC(=O)N1CCC(OCCc2cn3c(n2)c(-c2c(Cl)c(OC)cc(OC)c2Cl)cc2cnc(NC)nc23)CC1. The van der Waals surface area contributed by atoms with E-state index in [4.69, 9.17) is 42.4 Å². The fourth-order valence-electron chi connectivity index (χ4n) is 4.93. The molecule has 0 bridgehead atoms. The molecule has 0 aliphatic carbocycles. The minimum atomic E-state index is -0.0368. The summed E-state index contributed by atoms with van der Waals surface area (Å²) in [7, 11) is 4.84. The third-order valence-corrected chi connectivity index (χ3v) is 7.78. The van der Waals surface area contributed by atoms with Crippen LogP contribution in [0, 0.1) is 0 Å². The number of piperidine rings is 1. The van der Waals surface area contributed by atoms with Crippen LogP contribution >= 0.6 is 23.2 Å². The smallest absolute Gasteiger partial charge is 0.245 e. The summed E-state index contributed by atoms with van der Waals surface area (Å²) in [4.78, 5) is 27.7. The molecule has 0 saturated carbocycles. The van der Waals surface area contributed by atoms with Gasteiger partial charge in [-0.25, -0.2) is 9.97 Å². The standard InChI is InChI=1S/C28H30Cl2N6O4/c1-5-22(37)35-9-6-18(7-10-35)40-11-8-17-15-36-26-16(14-32-28(31-2)34-26)12-19(27(36)33-17)23-24(29)20(38-3)13-21(39-4)25(23)30/h5,12-15,18H,1,6-11H2,2-4H3,(H,31,32,34). The molecule has 1 aromatic carbocycles. The van der Waals surface area contributed by atoms with Crippen molar-refractivity contribution in [1.82, 2.24) is 24.3 Å². The van der Waals surface area contributed by atoms with E-state index in [2.05, 4.69) is 21.9 Å². The predicted molar refractivity (Wildman–Crippen MR) is 156 cm³/mol. The maximum Gasteiger partial charge on any atom is 0.245 e. The molecule has 0 spiro atoms. The number of likely N-dealkylation sites (tertiary alicyclic amines) is 1. The highest BCUT2D eigenvalue weighted by Crippen LogP contribution is 2.47. The number of carbonyl (C=O) groups excluding carboxylic acids is 1. The lowest BCUT2D eigenvalue weighted by molar-refractivity contribution is -0.128. The molecule has 40 heavy (non-hydrogen) atoms. The van der Waals surface area contributed by atoms with Gasteiger partial charge in [-0.05, 0) is 25.0 Å². The molecule has 1 amide bonds. The number of imidazole rings is 1. The van der Waals surface area contributed by atoms with E-state index in [0.29, 0.717) is 76.0 Å². The molecule has 0 radical (unpaired) electrons. The number of hydrogen-bond donors (Lipinski definition) is 1. The summed E-state index contributed by atoms with van der Waals surface area (Å²) in [5.41, 5.74) is 3.35. The van der Waals surface area contributed by atoms with Gasteiger partial charge in [0.2, 0.25) is 11.9 Å². The number of pyridine rings is 1. The number of rotatable bonds is 9. The molecule has 1 fully saturated rings. The average Bonchev–Trinajstić information content (AvgIpc) is 3.41. The zero-order valence-corrected chi connectivity index (χ0v) is 24.1. The molecule has 0 atom stereocenters. The van der Waals surface area contributed by atoms with Gasteiger partial charge in [-0.3, -0.25) is 9.20 Å². The molecule has 1 aliphatic rings. The molecule has 4 aromatic rings. The first-order valence-electron chi connectivity index (χ1n) is 12.9. The Bertz CT molecular complexity index is 1550. The van der Waals surface area contributed by atoms with E-state index in [9.17, 15) is 4.79 Å². The van der Waals surface area contributed by atoms with Crippen LogP contribution in [0.4, 0.5) is 5.95 Å². The Morgan fingerprint density at radius 1 is 1.12 bits per heavy atom. The summed E-state index contributed by atoms with van der Waals surface area (Å²) in [5.74, 6) is 1.31. The number of nitrogens with one attached hydrogen (secondary N) is 1. The highest BCUT2D eigenvalue weighted by Gasteiger charge is 2.24. The number of methoxy groups -OCH3 is 2. The van der Waals surface area contributed by atoms with E-state index in [1.54, 1.807) is 24.2 Å². The summed E-state index contributed by atoms with van der Waals surface area (Å²) in [6.45, 7) is 5.39. The van der Waals surface area contributed by atoms with E-state index < -0.39 is 0 Å². The Balaban J connectivity index is 1.50. The van der Waals surface area contributed by atoms with Crippen LogP contribution in [0.2, 0.25) is 10.0 Å². The van der Waals surface area contributed by atoms with Crippen LogP contribution in [-0.2, 0) is 16.0 Å². The maximum absolute atomic E-state index is 11.8. The minimum absolute atomic E-state index is 0.0368. The van der Waals surface area contributed by atoms with Gasteiger partial charge in [0, 0.05) is 61.5 Å². The molecule has 3 aromatic heterocycles. The largest absolute Gasteiger partial charge is 0.495 e. The number of fused-ring (bicyclic) bond motifs is 3. The first kappa shape index (κ1) is 27.9. The topological polar surface area (TPSA) is 103 Å². The number of amides is 1. The highest BCUT2D eigenvalue weighted by atomic mass is 35.5. The number of halogens is 2. The van der Waals surface area contributed by atoms with Gasteiger partial charge in [-0.1, -0.05) is 29.8 Å². The number of anilines is 1. The van der Waals surface area contributed by atoms with Crippen LogP contribution < -0.4 is 14.8 Å². The van der Waals surface area contributed by atoms with Gasteiger partial charge in [0.05, 0.1) is 42.7 Å². The Morgan fingerprint density at radius 3 is 2.45 bits per heavy atom. The van der Waals surface area contributed by atoms with E-state index in [1.165, 1.54) is 20.3 Å². The van der Waals surface area contributed by atoms with Crippen molar-refractivity contribution < 1.29 is 19.0 Å². The van der Waals surface area contributed by atoms with Crippen molar-refractivity contribution >= 4 is 51.7 Å². The van der Waals surface area contributed by atoms with E-state index in [0.717, 1.165) is 23.9 Å². The van der Waals surface area contributed by atoms with E-state index >= 15 is 0 Å². The van der Waals surface area contributed by atoms with Gasteiger partial charge in [0.1, 0.15) is 17.1 Å². The van der Waals surface area contributed by atoms with Gasteiger partial charge < -0.3 is 24.4 Å². The lowest BCUT2D eigenvalue weighted by Crippen LogP contribution is -2.40. The molecular weight excluding hydrogens is 555 g/mol. The molecule has 1 saturated heterocycles. The molecule has 10 nitrogen and oxygen atoms in total. The van der Waals surface area contributed by atoms with Crippen LogP contribution in [0.3, 0.4) is 0 Å². The zero-order valence-electron chi connectivity index (χ0n) is 22.5. The molecule has 12 heteroatoms. The van der Waals surface area contributed by atoms with Crippen LogP contribution in [-0.4, -0.2) is 77.2 Å². The second-order valence-corrected chi connectivity index (χ2v) is 10.1. The lowest BCUT2D eigenvalue weighted by Gasteiger charge is -2.31. The first-order valence-corrected chi connectivity index (χ1v) is 13.6. The predicted octanol–water partition coefficient (Wildman–Crippen LogP) is 5.05. The number of nitrogens with zero attached hydrogens (tertiary/aromatic N) is 5. The molecule has 5 rings (SSSR count).